The summed E-state index contributed by atoms with van der Waals surface area (Å²) >= 11 is 0.147. The monoisotopic (exact) mass is 920 g/mol. The smallest absolute Gasteiger partial charge is 0.0643 e. The molecule has 0 saturated heterocycles. The molecule has 0 aromatic carbocycles. The minimum absolute atomic E-state index is 0.0736. The first kappa shape index (κ1) is 55.7. The van der Waals surface area contributed by atoms with Crippen molar-refractivity contribution in [2.45, 2.75) is 200 Å². The molecule has 0 atom stereocenters. The van der Waals surface area contributed by atoms with Crippen LogP contribution in [0.3, 0.4) is 0 Å². The number of carboxylic acids is 4. The molecule has 0 bridgehead atoms. The second kappa shape index (κ2) is 52.3. The molecule has 0 amide bonds. The van der Waals surface area contributed by atoms with Crippen molar-refractivity contribution in [2.24, 2.45) is 0 Å². The van der Waals surface area contributed by atoms with Gasteiger partial charge in [0.1, 0.15) is 0 Å². The Morgan fingerprint density at radius 2 is 0.480 bits per heavy atom. The molecule has 0 fully saturated rings. The van der Waals surface area contributed by atoms with Crippen LogP contribution in [0.25, 0.3) is 0 Å². The van der Waals surface area contributed by atoms with Crippen LogP contribution in [0.4, 0.5) is 0 Å². The molecular formula is C40H72O8Sn2. The van der Waals surface area contributed by atoms with Gasteiger partial charge < -0.3 is 39.6 Å². The van der Waals surface area contributed by atoms with Gasteiger partial charge in [0.15, 0.2) is 0 Å². The van der Waals surface area contributed by atoms with Crippen LogP contribution < -0.4 is 20.4 Å². The van der Waals surface area contributed by atoms with Gasteiger partial charge in [0, 0.05) is 0 Å². The summed E-state index contributed by atoms with van der Waals surface area (Å²) in [4.78, 5) is 37.7. The number of unbranched alkanes of at least 4 members (excludes halogenated alkanes) is 20. The summed E-state index contributed by atoms with van der Waals surface area (Å²) in [6.45, 7) is 9.20. The van der Waals surface area contributed by atoms with Crippen molar-refractivity contribution in [3.8, 4) is 0 Å². The van der Waals surface area contributed by atoms with E-state index in [-0.39, 0.29) is 42.3 Å². The third-order valence-corrected chi connectivity index (χ3v) is 15.6. The maximum atomic E-state index is 9.41. The zero-order valence-electron chi connectivity index (χ0n) is 32.4. The Balaban J connectivity index is -0.000000300. The molecule has 0 aliphatic carbocycles. The van der Waals surface area contributed by atoms with Crippen LogP contribution in [0.5, 0.6) is 0 Å². The number of rotatable bonds is 32. The Labute approximate surface area is 327 Å². The Morgan fingerprint density at radius 1 is 0.320 bits per heavy atom. The number of aliphatic carboxylic acids is 4. The van der Waals surface area contributed by atoms with Gasteiger partial charge in [0.05, 0.1) is 23.9 Å². The van der Waals surface area contributed by atoms with E-state index < -0.39 is 23.9 Å². The zero-order valence-corrected chi connectivity index (χ0v) is 38.1. The molecule has 288 valence electrons. The van der Waals surface area contributed by atoms with E-state index in [9.17, 15) is 39.6 Å². The second-order valence-corrected chi connectivity index (χ2v) is 21.1. The van der Waals surface area contributed by atoms with Crippen LogP contribution >= 0.6 is 0 Å². The molecule has 0 aliphatic rings. The third kappa shape index (κ3) is 72.6. The van der Waals surface area contributed by atoms with Crippen LogP contribution in [0.2, 0.25) is 17.7 Å². The Kier molecular flexibility index (Phi) is 58.3. The summed E-state index contributed by atoms with van der Waals surface area (Å²) in [7, 11) is 0. The molecule has 0 unspecified atom stereocenters. The number of carbonyl (C=O) groups excluding carboxylic acids is 4. The summed E-state index contributed by atoms with van der Waals surface area (Å²) in [5, 5.41) is 37.7. The molecule has 0 aromatic heterocycles. The number of hydrogen-bond donors (Lipinski definition) is 0. The summed E-state index contributed by atoms with van der Waals surface area (Å²) in [5.41, 5.74) is 0. The summed E-state index contributed by atoms with van der Waals surface area (Å²) in [6.07, 6.45) is 37.2. The molecule has 0 aromatic rings. The summed E-state index contributed by atoms with van der Waals surface area (Å²) in [6, 6.07) is 0. The number of hydrogen-bond acceptors (Lipinski definition) is 8. The Bertz CT molecular complexity index is 663. The second-order valence-electron chi connectivity index (χ2n) is 12.5. The third-order valence-electron chi connectivity index (χ3n) is 7.54. The molecule has 0 N–H and O–H groups in total. The molecule has 0 aliphatic heterocycles. The maximum Gasteiger partial charge on any atom is 0.0643 e. The molecule has 0 radical (unpaired) electrons. The van der Waals surface area contributed by atoms with Gasteiger partial charge in [0.25, 0.3) is 0 Å². The quantitative estimate of drug-likeness (QED) is 0.0416. The van der Waals surface area contributed by atoms with E-state index in [1.54, 1.807) is 43.4 Å². The molecule has 0 rings (SSSR count). The van der Waals surface area contributed by atoms with Crippen molar-refractivity contribution in [1.82, 2.24) is 0 Å². The van der Waals surface area contributed by atoms with E-state index in [0.717, 1.165) is 0 Å². The van der Waals surface area contributed by atoms with Crippen LogP contribution in [-0.2, 0) is 19.2 Å². The topological polar surface area (TPSA) is 161 Å². The first-order valence-electron chi connectivity index (χ1n) is 19.7. The van der Waals surface area contributed by atoms with Crippen molar-refractivity contribution >= 4 is 66.2 Å². The van der Waals surface area contributed by atoms with E-state index in [0.29, 0.717) is 24.3 Å². The molecule has 10 heteroatoms. The average Bonchev–Trinajstić information content (AvgIpc) is 3.08. The Morgan fingerprint density at radius 3 is 0.640 bits per heavy atom. The van der Waals surface area contributed by atoms with Gasteiger partial charge >= 0.3 is 242 Å². The fourth-order valence-corrected chi connectivity index (χ4v) is 11.8. The maximum absolute atomic E-state index is 9.41. The average molecular weight is 918 g/mol. The fourth-order valence-electron chi connectivity index (χ4n) is 4.64. The van der Waals surface area contributed by atoms with Crippen LogP contribution in [0.15, 0.2) is 24.3 Å². The number of carboxylic acid groups (broad SMARTS) is 4. The van der Waals surface area contributed by atoms with E-state index in [2.05, 4.69) is 27.7 Å². The standard InChI is InChI=1S/4C8H17.2C4H4O4.2Sn/c4*1-3-5-7-8-6-4-2;2*5-3(6)1-2-4(7)8;;/h4*1,3-8H2,2H3;2*1-2H,(H,5,6)(H,7,8);;/q;;;;;;2*+2/p-4/b;;;;2*2-1-;;. The van der Waals surface area contributed by atoms with Gasteiger partial charge in [-0.15, -0.1) is 0 Å². The van der Waals surface area contributed by atoms with E-state index in [4.69, 9.17) is 0 Å². The van der Waals surface area contributed by atoms with E-state index >= 15 is 0 Å². The zero-order chi connectivity index (χ0) is 38.4. The van der Waals surface area contributed by atoms with Crippen LogP contribution in [0, 0.1) is 0 Å². The van der Waals surface area contributed by atoms with Crippen molar-refractivity contribution in [1.29, 1.82) is 0 Å². The van der Waals surface area contributed by atoms with Crippen LogP contribution in [-0.4, -0.2) is 66.2 Å². The Hall–Kier alpha value is -1.04. The van der Waals surface area contributed by atoms with Gasteiger partial charge in [0.2, 0.25) is 0 Å². The first-order valence-corrected chi connectivity index (χ1v) is 27.8. The van der Waals surface area contributed by atoms with Gasteiger partial charge in [-0.05, 0) is 24.3 Å². The largest absolute Gasteiger partial charge is 0.545 e. The van der Waals surface area contributed by atoms with Gasteiger partial charge in [-0.2, -0.15) is 0 Å². The normalized spacial score (nSPS) is 10.2. The van der Waals surface area contributed by atoms with Crippen molar-refractivity contribution in [3.63, 3.8) is 0 Å². The minimum atomic E-state index is -1.55. The SMILES string of the molecule is CCCCCCC[CH2][Sn+2][CH2]CCCCCCC.CCCCCCC[CH2][Sn+2][CH2]CCCCCCC.O=C([O-])/C=C\C(=O)[O-].O=C([O-])/C=C\C(=O)[O-]. The van der Waals surface area contributed by atoms with Crippen molar-refractivity contribution in [2.75, 3.05) is 0 Å². The van der Waals surface area contributed by atoms with Gasteiger partial charge in [-0.1, -0.05) is 0 Å². The molecular weight excluding hydrogens is 846 g/mol. The predicted molar refractivity (Wildman–Crippen MR) is 203 cm³/mol. The van der Waals surface area contributed by atoms with Gasteiger partial charge in [-0.3, -0.25) is 0 Å². The summed E-state index contributed by atoms with van der Waals surface area (Å²) in [5.74, 6) is -6.19. The molecule has 0 heterocycles. The van der Waals surface area contributed by atoms with Crippen molar-refractivity contribution in [3.05, 3.63) is 24.3 Å². The van der Waals surface area contributed by atoms with Crippen molar-refractivity contribution < 1.29 is 39.6 Å². The number of carbonyl (C=O) groups is 4. The molecule has 8 nitrogen and oxygen atoms in total. The predicted octanol–water partition coefficient (Wildman–Crippen LogP) is 6.58. The summed E-state index contributed by atoms with van der Waals surface area (Å²) < 4.78 is 6.63. The van der Waals surface area contributed by atoms with Gasteiger partial charge in [-0.25, -0.2) is 0 Å². The minimum Gasteiger partial charge on any atom is -0.545 e. The fraction of sp³-hybridized carbons (Fsp3) is 0.800. The molecule has 0 saturated carbocycles. The van der Waals surface area contributed by atoms with Crippen LogP contribution in [0.1, 0.15) is 182 Å². The molecule has 0 spiro atoms. The first-order chi connectivity index (χ1) is 24.1. The molecule has 50 heavy (non-hydrogen) atoms. The van der Waals surface area contributed by atoms with E-state index in [1.165, 1.54) is 128 Å². The van der Waals surface area contributed by atoms with E-state index in [1.807, 2.05) is 0 Å².